The van der Waals surface area contributed by atoms with Gasteiger partial charge in [0, 0.05) is 18.5 Å². The average molecular weight is 338 g/mol. The van der Waals surface area contributed by atoms with Crippen LogP contribution in [0.25, 0.3) is 0 Å². The van der Waals surface area contributed by atoms with Crippen molar-refractivity contribution in [2.75, 3.05) is 19.4 Å². The quantitative estimate of drug-likeness (QED) is 0.905. The van der Waals surface area contributed by atoms with Gasteiger partial charge in [0.2, 0.25) is 15.9 Å². The molecule has 1 saturated heterocycles. The van der Waals surface area contributed by atoms with Crippen LogP contribution in [0.15, 0.2) is 24.3 Å². The molecule has 3 rings (SSSR count). The van der Waals surface area contributed by atoms with Crippen molar-refractivity contribution in [1.29, 1.82) is 0 Å². The molecule has 23 heavy (non-hydrogen) atoms. The molecule has 0 unspecified atom stereocenters. The fourth-order valence-electron chi connectivity index (χ4n) is 3.32. The van der Waals surface area contributed by atoms with E-state index in [0.717, 1.165) is 24.2 Å². The number of hydrogen-bond acceptors (Lipinski definition) is 4. The second-order valence-electron chi connectivity index (χ2n) is 6.12. The molecule has 0 radical (unpaired) electrons. The Hall–Kier alpha value is -1.60. The van der Waals surface area contributed by atoms with Crippen LogP contribution >= 0.6 is 0 Å². The molecule has 2 atom stereocenters. The van der Waals surface area contributed by atoms with E-state index in [0.29, 0.717) is 26.0 Å². The molecule has 7 heteroatoms. The largest absolute Gasteiger partial charge is 0.493 e. The van der Waals surface area contributed by atoms with Crippen molar-refractivity contribution >= 4 is 15.9 Å². The fraction of sp³-hybridized carbons (Fsp3) is 0.562. The number of carbonyl (C=O) groups excluding carboxylic acids is 1. The van der Waals surface area contributed by atoms with Crippen LogP contribution in [0.1, 0.15) is 37.3 Å². The van der Waals surface area contributed by atoms with Crippen molar-refractivity contribution in [3.63, 3.8) is 0 Å². The molecule has 1 aromatic carbocycles. The van der Waals surface area contributed by atoms with Gasteiger partial charge in [-0.3, -0.25) is 4.79 Å². The van der Waals surface area contributed by atoms with E-state index in [1.54, 1.807) is 0 Å². The molecule has 126 valence electrons. The summed E-state index contributed by atoms with van der Waals surface area (Å²) in [5, 5.41) is 3.02. The van der Waals surface area contributed by atoms with E-state index in [1.165, 1.54) is 10.6 Å². The lowest BCUT2D eigenvalue weighted by atomic mass is 9.99. The molecule has 1 fully saturated rings. The zero-order valence-corrected chi connectivity index (χ0v) is 14.0. The van der Waals surface area contributed by atoms with Crippen LogP contribution in [0.3, 0.4) is 0 Å². The lowest BCUT2D eigenvalue weighted by Gasteiger charge is -2.34. The first-order chi connectivity index (χ1) is 11.0. The number of ether oxygens (including phenoxy) is 1. The van der Waals surface area contributed by atoms with E-state index in [4.69, 9.17) is 4.74 Å². The summed E-state index contributed by atoms with van der Waals surface area (Å²) in [5.41, 5.74) is 0.953. The molecule has 2 aliphatic rings. The summed E-state index contributed by atoms with van der Waals surface area (Å²) in [5.74, 6) is 0.574. The van der Waals surface area contributed by atoms with E-state index in [2.05, 4.69) is 5.32 Å². The third-order valence-corrected chi connectivity index (χ3v) is 5.75. The minimum absolute atomic E-state index is 0.129. The summed E-state index contributed by atoms with van der Waals surface area (Å²) in [6.07, 6.45) is 4.10. The highest BCUT2D eigenvalue weighted by Gasteiger charge is 2.36. The summed E-state index contributed by atoms with van der Waals surface area (Å²) in [6.45, 7) is 0.962. The lowest BCUT2D eigenvalue weighted by Crippen LogP contribution is -2.52. The van der Waals surface area contributed by atoms with Gasteiger partial charge in [0.15, 0.2) is 0 Å². The van der Waals surface area contributed by atoms with Crippen LogP contribution < -0.4 is 10.1 Å². The average Bonchev–Trinajstić information content (AvgIpc) is 2.54. The number of nitrogens with zero attached hydrogens (tertiary/aromatic N) is 1. The van der Waals surface area contributed by atoms with Gasteiger partial charge >= 0.3 is 0 Å². The Morgan fingerprint density at radius 2 is 2.04 bits per heavy atom. The van der Waals surface area contributed by atoms with E-state index < -0.39 is 16.1 Å². The van der Waals surface area contributed by atoms with Crippen molar-refractivity contribution in [3.8, 4) is 5.75 Å². The minimum atomic E-state index is -3.37. The molecular formula is C16H22N2O4S. The predicted molar refractivity (Wildman–Crippen MR) is 86.6 cm³/mol. The summed E-state index contributed by atoms with van der Waals surface area (Å²) in [7, 11) is -3.37. The van der Waals surface area contributed by atoms with Gasteiger partial charge in [-0.2, -0.15) is 4.31 Å². The van der Waals surface area contributed by atoms with Gasteiger partial charge in [-0.15, -0.1) is 0 Å². The van der Waals surface area contributed by atoms with Gasteiger partial charge in [0.25, 0.3) is 0 Å². The Bertz CT molecular complexity index is 689. The maximum Gasteiger partial charge on any atom is 0.238 e. The highest BCUT2D eigenvalue weighted by atomic mass is 32.2. The van der Waals surface area contributed by atoms with Crippen molar-refractivity contribution < 1.29 is 17.9 Å². The molecule has 0 aliphatic carbocycles. The number of nitrogens with one attached hydrogen (secondary N) is 1. The number of piperidine rings is 1. The standard InChI is InChI=1S/C16H22N2O4S/c1-23(20,21)18-10-5-4-7-14(18)16(19)17-13-9-11-22-15-8-3-2-6-12(13)15/h2-3,6,8,13-14H,4-5,7,9-11H2,1H3,(H,17,19)/t13-,14-/m1/s1. The second-order valence-corrected chi connectivity index (χ2v) is 8.06. The van der Waals surface area contributed by atoms with Gasteiger partial charge in [-0.25, -0.2) is 8.42 Å². The maximum atomic E-state index is 12.7. The third kappa shape index (κ3) is 3.50. The summed E-state index contributed by atoms with van der Waals surface area (Å²) >= 11 is 0. The molecule has 2 heterocycles. The summed E-state index contributed by atoms with van der Waals surface area (Å²) in [4.78, 5) is 12.7. The summed E-state index contributed by atoms with van der Waals surface area (Å²) < 4.78 is 30.8. The molecule has 1 aromatic rings. The fourth-order valence-corrected chi connectivity index (χ4v) is 4.45. The number of benzene rings is 1. The zero-order valence-electron chi connectivity index (χ0n) is 13.2. The molecule has 0 saturated carbocycles. The van der Waals surface area contributed by atoms with Crippen molar-refractivity contribution in [2.24, 2.45) is 0 Å². The van der Waals surface area contributed by atoms with Crippen LogP contribution in [-0.4, -0.2) is 44.1 Å². The van der Waals surface area contributed by atoms with Gasteiger partial charge in [0.1, 0.15) is 11.8 Å². The molecule has 0 spiro atoms. The van der Waals surface area contributed by atoms with Crippen LogP contribution in [0.5, 0.6) is 5.75 Å². The van der Waals surface area contributed by atoms with E-state index in [1.807, 2.05) is 24.3 Å². The van der Waals surface area contributed by atoms with E-state index in [9.17, 15) is 13.2 Å². The summed E-state index contributed by atoms with van der Waals surface area (Å²) in [6, 6.07) is 6.90. The highest BCUT2D eigenvalue weighted by Crippen LogP contribution is 2.32. The van der Waals surface area contributed by atoms with Crippen LogP contribution in [0.2, 0.25) is 0 Å². The maximum absolute atomic E-state index is 12.7. The molecule has 6 nitrogen and oxygen atoms in total. The van der Waals surface area contributed by atoms with Gasteiger partial charge < -0.3 is 10.1 Å². The number of para-hydroxylation sites is 1. The number of fused-ring (bicyclic) bond motifs is 1. The smallest absolute Gasteiger partial charge is 0.238 e. The SMILES string of the molecule is CS(=O)(=O)N1CCCC[C@@H]1C(=O)N[C@@H]1CCOc2ccccc21. The Balaban J connectivity index is 1.76. The minimum Gasteiger partial charge on any atom is -0.493 e. The predicted octanol–water partition coefficient (Wildman–Crippen LogP) is 1.44. The topological polar surface area (TPSA) is 75.7 Å². The Kier molecular flexibility index (Phi) is 4.59. The lowest BCUT2D eigenvalue weighted by molar-refractivity contribution is -0.126. The second kappa shape index (κ2) is 6.49. The normalized spacial score (nSPS) is 25.3. The first-order valence-electron chi connectivity index (χ1n) is 7.96. The van der Waals surface area contributed by atoms with Crippen LogP contribution in [0, 0.1) is 0 Å². The van der Waals surface area contributed by atoms with Gasteiger partial charge in [-0.05, 0) is 18.9 Å². The van der Waals surface area contributed by atoms with Crippen LogP contribution in [-0.2, 0) is 14.8 Å². The van der Waals surface area contributed by atoms with Crippen molar-refractivity contribution in [2.45, 2.75) is 37.8 Å². The monoisotopic (exact) mass is 338 g/mol. The first kappa shape index (κ1) is 16.3. The molecule has 1 amide bonds. The van der Waals surface area contributed by atoms with Crippen molar-refractivity contribution in [3.05, 3.63) is 29.8 Å². The zero-order chi connectivity index (χ0) is 16.4. The Morgan fingerprint density at radius 1 is 1.26 bits per heavy atom. The Labute approximate surface area is 136 Å². The third-order valence-electron chi connectivity index (χ3n) is 4.46. The first-order valence-corrected chi connectivity index (χ1v) is 9.80. The molecule has 1 N–H and O–H groups in total. The number of amides is 1. The van der Waals surface area contributed by atoms with Crippen LogP contribution in [0.4, 0.5) is 0 Å². The molecule has 0 bridgehead atoms. The number of carbonyl (C=O) groups is 1. The van der Waals surface area contributed by atoms with Gasteiger partial charge in [0.05, 0.1) is 18.9 Å². The molecule has 2 aliphatic heterocycles. The highest BCUT2D eigenvalue weighted by molar-refractivity contribution is 7.88. The van der Waals surface area contributed by atoms with Crippen molar-refractivity contribution in [1.82, 2.24) is 9.62 Å². The van der Waals surface area contributed by atoms with E-state index in [-0.39, 0.29) is 11.9 Å². The number of hydrogen-bond donors (Lipinski definition) is 1. The molecular weight excluding hydrogens is 316 g/mol. The number of rotatable bonds is 3. The van der Waals surface area contributed by atoms with Gasteiger partial charge in [-0.1, -0.05) is 24.6 Å². The van der Waals surface area contributed by atoms with E-state index >= 15 is 0 Å². The molecule has 0 aromatic heterocycles. The number of sulfonamides is 1. The Morgan fingerprint density at radius 3 is 2.83 bits per heavy atom.